The van der Waals surface area contributed by atoms with E-state index in [0.29, 0.717) is 0 Å². The van der Waals surface area contributed by atoms with Crippen LogP contribution in [0.15, 0.2) is 16.9 Å². The quantitative estimate of drug-likeness (QED) is 0.738. The van der Waals surface area contributed by atoms with E-state index in [-0.39, 0.29) is 17.7 Å². The van der Waals surface area contributed by atoms with Crippen molar-refractivity contribution in [1.82, 2.24) is 4.98 Å². The van der Waals surface area contributed by atoms with Gasteiger partial charge in [-0.1, -0.05) is 0 Å². The van der Waals surface area contributed by atoms with E-state index in [0.717, 1.165) is 6.07 Å². The fourth-order valence-corrected chi connectivity index (χ4v) is 1.82. The first-order chi connectivity index (χ1) is 7.38. The van der Waals surface area contributed by atoms with Crippen molar-refractivity contribution >= 4 is 5.78 Å². The zero-order chi connectivity index (χ0) is 11.9. The summed E-state index contributed by atoms with van der Waals surface area (Å²) in [4.78, 5) is 24.7. The lowest BCUT2D eigenvalue weighted by atomic mass is 9.85. The van der Waals surface area contributed by atoms with Crippen LogP contribution in [0.4, 0.5) is 13.2 Å². The maximum Gasteiger partial charge on any atom is 0.392 e. The number of H-pyrrole nitrogens is 1. The van der Waals surface area contributed by atoms with Gasteiger partial charge in [-0.2, -0.15) is 13.2 Å². The molecule has 0 saturated heterocycles. The Hall–Kier alpha value is -1.59. The third kappa shape index (κ3) is 1.87. The molecule has 0 amide bonds. The topological polar surface area (TPSA) is 49.9 Å². The number of hydrogen-bond acceptors (Lipinski definition) is 2. The molecule has 3 nitrogen and oxygen atoms in total. The van der Waals surface area contributed by atoms with Crippen LogP contribution in [0.5, 0.6) is 0 Å². The van der Waals surface area contributed by atoms with Crippen LogP contribution in [0.2, 0.25) is 0 Å². The number of rotatable bonds is 0. The molecule has 0 fully saturated rings. The first-order valence-corrected chi connectivity index (χ1v) is 4.70. The number of aromatic nitrogens is 1. The summed E-state index contributed by atoms with van der Waals surface area (Å²) in [6.07, 6.45) is -5.27. The third-order valence-corrected chi connectivity index (χ3v) is 2.65. The van der Waals surface area contributed by atoms with Gasteiger partial charge >= 0.3 is 6.18 Å². The van der Waals surface area contributed by atoms with Gasteiger partial charge < -0.3 is 4.98 Å². The van der Waals surface area contributed by atoms with E-state index < -0.39 is 29.9 Å². The Kier molecular flexibility index (Phi) is 2.36. The molecule has 0 aliphatic heterocycles. The average molecular weight is 231 g/mol. The molecule has 6 heteroatoms. The number of ketones is 1. The van der Waals surface area contributed by atoms with E-state index in [2.05, 4.69) is 4.98 Å². The Morgan fingerprint density at radius 1 is 1.19 bits per heavy atom. The highest BCUT2D eigenvalue weighted by atomic mass is 19.4. The molecule has 1 aromatic rings. The highest BCUT2D eigenvalue weighted by Crippen LogP contribution is 2.35. The number of aromatic amines is 1. The van der Waals surface area contributed by atoms with E-state index in [9.17, 15) is 22.8 Å². The second-order valence-electron chi connectivity index (χ2n) is 3.78. The molecule has 0 spiro atoms. The van der Waals surface area contributed by atoms with Gasteiger partial charge in [0.1, 0.15) is 0 Å². The number of nitrogens with one attached hydrogen (secondary N) is 1. The van der Waals surface area contributed by atoms with E-state index in [4.69, 9.17) is 0 Å². The number of Topliss-reactive ketones (excluding diaryl/α,β-unsaturated/α-hetero) is 1. The maximum absolute atomic E-state index is 12.5. The number of fused-ring (bicyclic) bond motifs is 1. The first kappa shape index (κ1) is 10.9. The Morgan fingerprint density at radius 3 is 2.50 bits per heavy atom. The minimum atomic E-state index is -4.40. The molecule has 2 rings (SSSR count). The van der Waals surface area contributed by atoms with Gasteiger partial charge in [-0.3, -0.25) is 9.59 Å². The van der Waals surface area contributed by atoms with E-state index in [1.54, 1.807) is 0 Å². The summed E-state index contributed by atoms with van der Waals surface area (Å²) in [7, 11) is 0. The number of pyridine rings is 1. The van der Waals surface area contributed by atoms with Crippen LogP contribution < -0.4 is 5.56 Å². The summed E-state index contributed by atoms with van der Waals surface area (Å²) in [5.41, 5.74) is -0.208. The van der Waals surface area contributed by atoms with E-state index in [1.807, 2.05) is 0 Å². The molecule has 0 saturated carbocycles. The van der Waals surface area contributed by atoms with Gasteiger partial charge in [0.05, 0.1) is 5.92 Å². The highest BCUT2D eigenvalue weighted by molar-refractivity contribution is 5.98. The van der Waals surface area contributed by atoms with Crippen LogP contribution in [-0.2, 0) is 6.42 Å². The van der Waals surface area contributed by atoms with E-state index in [1.165, 1.54) is 6.07 Å². The second-order valence-corrected chi connectivity index (χ2v) is 3.78. The van der Waals surface area contributed by atoms with Crippen LogP contribution in [0, 0.1) is 5.92 Å². The predicted octanol–water partition coefficient (Wildman–Crippen LogP) is 1.68. The largest absolute Gasteiger partial charge is 0.392 e. The predicted molar refractivity (Wildman–Crippen MR) is 49.3 cm³/mol. The molecule has 0 unspecified atom stereocenters. The molecule has 1 heterocycles. The van der Waals surface area contributed by atoms with Gasteiger partial charge in [0.25, 0.3) is 0 Å². The first-order valence-electron chi connectivity index (χ1n) is 4.70. The number of carbonyl (C=O) groups is 1. The lowest BCUT2D eigenvalue weighted by Crippen LogP contribution is -2.33. The third-order valence-electron chi connectivity index (χ3n) is 2.65. The fourth-order valence-electron chi connectivity index (χ4n) is 1.82. The van der Waals surface area contributed by atoms with Crippen molar-refractivity contribution in [3.05, 3.63) is 33.7 Å². The lowest BCUT2D eigenvalue weighted by molar-refractivity contribution is -0.174. The lowest BCUT2D eigenvalue weighted by Gasteiger charge is -2.24. The van der Waals surface area contributed by atoms with Crippen LogP contribution in [0.3, 0.4) is 0 Å². The molecule has 86 valence electrons. The Balaban J connectivity index is 2.42. The van der Waals surface area contributed by atoms with Crippen molar-refractivity contribution in [2.75, 3.05) is 0 Å². The number of alkyl halides is 3. The van der Waals surface area contributed by atoms with Gasteiger partial charge in [-0.25, -0.2) is 0 Å². The molecule has 0 bridgehead atoms. The molecular weight excluding hydrogens is 223 g/mol. The normalized spacial score (nSPS) is 20.7. The molecule has 16 heavy (non-hydrogen) atoms. The van der Waals surface area contributed by atoms with Gasteiger partial charge in [0, 0.05) is 30.2 Å². The van der Waals surface area contributed by atoms with Crippen LogP contribution in [0.1, 0.15) is 22.5 Å². The highest BCUT2D eigenvalue weighted by Gasteiger charge is 2.43. The number of halogens is 3. The zero-order valence-corrected chi connectivity index (χ0v) is 8.10. The zero-order valence-electron chi connectivity index (χ0n) is 8.10. The second kappa shape index (κ2) is 3.47. The summed E-state index contributed by atoms with van der Waals surface area (Å²) in [5.74, 6) is -2.26. The van der Waals surface area contributed by atoms with Gasteiger partial charge in [0.15, 0.2) is 5.78 Å². The average Bonchev–Trinajstić information content (AvgIpc) is 2.15. The maximum atomic E-state index is 12.5. The summed E-state index contributed by atoms with van der Waals surface area (Å²) in [6.45, 7) is 0. The number of carbonyl (C=O) groups excluding carboxylic acids is 1. The number of hydrogen-bond donors (Lipinski definition) is 1. The SMILES string of the molecule is O=C1C[C@@H](C(F)(F)F)Cc2[nH]c(=O)ccc21. The van der Waals surface area contributed by atoms with Crippen molar-refractivity contribution in [2.24, 2.45) is 5.92 Å². The van der Waals surface area contributed by atoms with Crippen molar-refractivity contribution in [2.45, 2.75) is 19.0 Å². The molecule has 1 aliphatic carbocycles. The molecule has 1 N–H and O–H groups in total. The summed E-state index contributed by atoms with van der Waals surface area (Å²) >= 11 is 0. The standard InChI is InChI=1S/C10H8F3NO2/c11-10(12,13)5-3-7-6(8(15)4-5)1-2-9(16)14-7/h1-2,5H,3-4H2,(H,14,16)/t5-/m0/s1. The molecule has 0 aromatic carbocycles. The molecule has 1 atom stereocenters. The summed E-state index contributed by atoms with van der Waals surface area (Å²) in [6, 6.07) is 2.42. The molecule has 1 aliphatic rings. The van der Waals surface area contributed by atoms with Crippen LogP contribution in [0.25, 0.3) is 0 Å². The van der Waals surface area contributed by atoms with Crippen molar-refractivity contribution in [3.63, 3.8) is 0 Å². The monoisotopic (exact) mass is 231 g/mol. The molecular formula is C10H8F3NO2. The summed E-state index contributed by atoms with van der Waals surface area (Å²) in [5, 5.41) is 0. The smallest absolute Gasteiger partial charge is 0.325 e. The van der Waals surface area contributed by atoms with Crippen LogP contribution >= 0.6 is 0 Å². The minimum absolute atomic E-state index is 0.0890. The van der Waals surface area contributed by atoms with Crippen molar-refractivity contribution in [3.8, 4) is 0 Å². The Labute approximate surface area is 88.3 Å². The Morgan fingerprint density at radius 2 is 1.88 bits per heavy atom. The van der Waals surface area contributed by atoms with Gasteiger partial charge in [0.2, 0.25) is 5.56 Å². The molecule has 1 aromatic heterocycles. The summed E-state index contributed by atoms with van der Waals surface area (Å²) < 4.78 is 37.4. The molecule has 0 radical (unpaired) electrons. The van der Waals surface area contributed by atoms with Crippen molar-refractivity contribution < 1.29 is 18.0 Å². The van der Waals surface area contributed by atoms with Crippen molar-refractivity contribution in [1.29, 1.82) is 0 Å². The van der Waals surface area contributed by atoms with E-state index >= 15 is 0 Å². The van der Waals surface area contributed by atoms with Gasteiger partial charge in [-0.05, 0) is 6.07 Å². The Bertz CT molecular complexity index is 490. The minimum Gasteiger partial charge on any atom is -0.325 e. The van der Waals surface area contributed by atoms with Crippen LogP contribution in [-0.4, -0.2) is 16.9 Å². The van der Waals surface area contributed by atoms with Gasteiger partial charge in [-0.15, -0.1) is 0 Å². The fraction of sp³-hybridized carbons (Fsp3) is 0.400.